The summed E-state index contributed by atoms with van der Waals surface area (Å²) in [6, 6.07) is 11.6. The lowest BCUT2D eigenvalue weighted by Gasteiger charge is -2.28. The standard InChI is InChI=1S/C25H28N6O3/c1-33-14-10-27-24(32)19-4-2-3-18(17-19)22-21-7-11-31(20-5-8-26-9-6-20)23(21)29-25(28-22)30-12-15-34-16-13-30/h2-6,8-9,17H,7,10-16H2,1H3,(H,27,32). The molecular weight excluding hydrogens is 432 g/mol. The zero-order valence-corrected chi connectivity index (χ0v) is 19.2. The summed E-state index contributed by atoms with van der Waals surface area (Å²) in [5.41, 5.74) is 4.51. The van der Waals surface area contributed by atoms with Crippen molar-refractivity contribution in [3.8, 4) is 11.3 Å². The summed E-state index contributed by atoms with van der Waals surface area (Å²) in [6.45, 7) is 4.54. The van der Waals surface area contributed by atoms with Crippen molar-refractivity contribution >= 4 is 23.4 Å². The van der Waals surface area contributed by atoms with E-state index in [9.17, 15) is 4.79 Å². The Kier molecular flexibility index (Phi) is 6.64. The van der Waals surface area contributed by atoms with Crippen LogP contribution in [0.25, 0.3) is 11.3 Å². The lowest BCUT2D eigenvalue weighted by Crippen LogP contribution is -2.37. The molecular formula is C25H28N6O3. The highest BCUT2D eigenvalue weighted by atomic mass is 16.5. The van der Waals surface area contributed by atoms with Gasteiger partial charge in [0.2, 0.25) is 5.95 Å². The Morgan fingerprint density at radius 3 is 2.74 bits per heavy atom. The van der Waals surface area contributed by atoms with Gasteiger partial charge in [0, 0.05) is 68.1 Å². The molecule has 1 amide bonds. The Morgan fingerprint density at radius 2 is 1.94 bits per heavy atom. The molecule has 2 aliphatic heterocycles. The molecule has 176 valence electrons. The second-order valence-electron chi connectivity index (χ2n) is 8.21. The third-order valence-electron chi connectivity index (χ3n) is 6.07. The molecule has 1 fully saturated rings. The number of pyridine rings is 1. The van der Waals surface area contributed by atoms with E-state index in [0.717, 1.165) is 54.4 Å². The van der Waals surface area contributed by atoms with Crippen LogP contribution in [0.4, 0.5) is 17.5 Å². The summed E-state index contributed by atoms with van der Waals surface area (Å²) >= 11 is 0. The number of aromatic nitrogens is 3. The van der Waals surface area contributed by atoms with E-state index in [2.05, 4.69) is 20.1 Å². The predicted molar refractivity (Wildman–Crippen MR) is 130 cm³/mol. The summed E-state index contributed by atoms with van der Waals surface area (Å²) in [6.07, 6.45) is 4.41. The minimum absolute atomic E-state index is 0.128. The maximum atomic E-state index is 12.7. The van der Waals surface area contributed by atoms with Crippen molar-refractivity contribution in [2.24, 2.45) is 0 Å². The van der Waals surface area contributed by atoms with Crippen LogP contribution in [0.3, 0.4) is 0 Å². The van der Waals surface area contributed by atoms with Crippen molar-refractivity contribution in [1.29, 1.82) is 0 Å². The van der Waals surface area contributed by atoms with E-state index in [1.54, 1.807) is 19.5 Å². The molecule has 3 aromatic rings. The van der Waals surface area contributed by atoms with E-state index in [0.29, 0.717) is 37.9 Å². The molecule has 0 radical (unpaired) electrons. The Balaban J connectivity index is 1.55. The Hall–Kier alpha value is -3.56. The third kappa shape index (κ3) is 4.57. The van der Waals surface area contributed by atoms with Gasteiger partial charge in [0.1, 0.15) is 5.82 Å². The Bertz CT molecular complexity index is 1150. The highest BCUT2D eigenvalue weighted by Gasteiger charge is 2.29. The van der Waals surface area contributed by atoms with Crippen LogP contribution in [0.5, 0.6) is 0 Å². The number of hydrogen-bond donors (Lipinski definition) is 1. The number of morpholine rings is 1. The molecule has 9 nitrogen and oxygen atoms in total. The van der Waals surface area contributed by atoms with Crippen LogP contribution in [0.1, 0.15) is 15.9 Å². The van der Waals surface area contributed by atoms with Crippen LogP contribution in [0.15, 0.2) is 48.8 Å². The fourth-order valence-corrected chi connectivity index (χ4v) is 4.34. The first-order valence-electron chi connectivity index (χ1n) is 11.5. The van der Waals surface area contributed by atoms with E-state index in [4.69, 9.17) is 19.4 Å². The Morgan fingerprint density at radius 1 is 1.12 bits per heavy atom. The van der Waals surface area contributed by atoms with Crippen molar-refractivity contribution in [3.63, 3.8) is 0 Å². The molecule has 0 bridgehead atoms. The molecule has 0 atom stereocenters. The average molecular weight is 461 g/mol. The van der Waals surface area contributed by atoms with Gasteiger partial charge in [0.05, 0.1) is 25.5 Å². The average Bonchev–Trinajstić information content (AvgIpc) is 3.33. The van der Waals surface area contributed by atoms with Crippen LogP contribution in [0, 0.1) is 0 Å². The number of hydrogen-bond acceptors (Lipinski definition) is 8. The topological polar surface area (TPSA) is 92.7 Å². The molecule has 0 saturated carbocycles. The molecule has 0 spiro atoms. The van der Waals surface area contributed by atoms with Crippen molar-refractivity contribution in [3.05, 3.63) is 59.9 Å². The molecule has 1 N–H and O–H groups in total. The fraction of sp³-hybridized carbons (Fsp3) is 0.360. The predicted octanol–water partition coefficient (Wildman–Crippen LogP) is 2.45. The van der Waals surface area contributed by atoms with E-state index in [1.807, 2.05) is 36.4 Å². The van der Waals surface area contributed by atoms with Crippen LogP contribution in [-0.4, -0.2) is 74.0 Å². The first-order valence-corrected chi connectivity index (χ1v) is 11.5. The SMILES string of the molecule is COCCNC(=O)c1cccc(-c2nc(N3CCOCC3)nc3c2CCN3c2ccncc2)c1. The number of benzene rings is 1. The summed E-state index contributed by atoms with van der Waals surface area (Å²) in [4.78, 5) is 31.2. The van der Waals surface area contributed by atoms with Crippen LogP contribution < -0.4 is 15.1 Å². The van der Waals surface area contributed by atoms with Gasteiger partial charge in [-0.15, -0.1) is 0 Å². The molecule has 5 rings (SSSR count). The zero-order valence-electron chi connectivity index (χ0n) is 19.2. The van der Waals surface area contributed by atoms with E-state index in [-0.39, 0.29) is 5.91 Å². The maximum Gasteiger partial charge on any atom is 0.251 e. The van der Waals surface area contributed by atoms with Crippen LogP contribution in [-0.2, 0) is 15.9 Å². The van der Waals surface area contributed by atoms with Crippen molar-refractivity contribution in [2.75, 3.05) is 62.9 Å². The molecule has 9 heteroatoms. The van der Waals surface area contributed by atoms with E-state index >= 15 is 0 Å². The smallest absolute Gasteiger partial charge is 0.251 e. The molecule has 2 aliphatic rings. The monoisotopic (exact) mass is 460 g/mol. The maximum absolute atomic E-state index is 12.7. The van der Waals surface area contributed by atoms with Crippen molar-refractivity contribution in [2.45, 2.75) is 6.42 Å². The molecule has 4 heterocycles. The normalized spacial score (nSPS) is 15.3. The van der Waals surface area contributed by atoms with Crippen LogP contribution in [0.2, 0.25) is 0 Å². The van der Waals surface area contributed by atoms with Gasteiger partial charge >= 0.3 is 0 Å². The van der Waals surface area contributed by atoms with Gasteiger partial charge < -0.3 is 24.6 Å². The number of nitrogens with one attached hydrogen (secondary N) is 1. The number of carbonyl (C=O) groups excluding carboxylic acids is 1. The first-order chi connectivity index (χ1) is 16.7. The lowest BCUT2D eigenvalue weighted by atomic mass is 10.0. The van der Waals surface area contributed by atoms with Gasteiger partial charge in [-0.05, 0) is 30.7 Å². The number of rotatable bonds is 7. The van der Waals surface area contributed by atoms with Crippen molar-refractivity contribution < 1.29 is 14.3 Å². The molecule has 34 heavy (non-hydrogen) atoms. The van der Waals surface area contributed by atoms with Crippen LogP contribution >= 0.6 is 0 Å². The zero-order chi connectivity index (χ0) is 23.3. The fourth-order valence-electron chi connectivity index (χ4n) is 4.34. The molecule has 1 aromatic carbocycles. The third-order valence-corrected chi connectivity index (χ3v) is 6.07. The van der Waals surface area contributed by atoms with E-state index in [1.165, 1.54) is 0 Å². The van der Waals surface area contributed by atoms with Gasteiger partial charge in [0.15, 0.2) is 0 Å². The number of anilines is 3. The summed E-state index contributed by atoms with van der Waals surface area (Å²) in [7, 11) is 1.61. The summed E-state index contributed by atoms with van der Waals surface area (Å²) in [5, 5.41) is 2.89. The number of nitrogens with zero attached hydrogens (tertiary/aromatic N) is 5. The van der Waals surface area contributed by atoms with Gasteiger partial charge in [-0.1, -0.05) is 12.1 Å². The number of fused-ring (bicyclic) bond motifs is 1. The molecule has 0 unspecified atom stereocenters. The highest BCUT2D eigenvalue weighted by molar-refractivity contribution is 5.95. The van der Waals surface area contributed by atoms with E-state index < -0.39 is 0 Å². The molecule has 2 aromatic heterocycles. The van der Waals surface area contributed by atoms with Gasteiger partial charge in [-0.2, -0.15) is 4.98 Å². The quantitative estimate of drug-likeness (QED) is 0.538. The lowest BCUT2D eigenvalue weighted by molar-refractivity contribution is 0.0937. The first kappa shape index (κ1) is 22.2. The Labute approximate surface area is 198 Å². The highest BCUT2D eigenvalue weighted by Crippen LogP contribution is 2.39. The largest absolute Gasteiger partial charge is 0.383 e. The van der Waals surface area contributed by atoms with Gasteiger partial charge in [-0.3, -0.25) is 9.78 Å². The van der Waals surface area contributed by atoms with Gasteiger partial charge in [0.25, 0.3) is 5.91 Å². The summed E-state index contributed by atoms with van der Waals surface area (Å²) in [5.74, 6) is 1.47. The second-order valence-corrected chi connectivity index (χ2v) is 8.21. The minimum atomic E-state index is -0.128. The number of methoxy groups -OCH3 is 1. The number of carbonyl (C=O) groups is 1. The van der Waals surface area contributed by atoms with Crippen molar-refractivity contribution in [1.82, 2.24) is 20.3 Å². The second kappa shape index (κ2) is 10.1. The number of amides is 1. The number of ether oxygens (including phenoxy) is 2. The molecule has 1 saturated heterocycles. The van der Waals surface area contributed by atoms with Gasteiger partial charge in [-0.25, -0.2) is 4.98 Å². The summed E-state index contributed by atoms with van der Waals surface area (Å²) < 4.78 is 10.6. The molecule has 0 aliphatic carbocycles. The minimum Gasteiger partial charge on any atom is -0.383 e.